The van der Waals surface area contributed by atoms with Gasteiger partial charge in [0.1, 0.15) is 12.4 Å². The Kier molecular flexibility index (Phi) is 4.52. The lowest BCUT2D eigenvalue weighted by molar-refractivity contribution is 0.292. The molecule has 3 rings (SSSR count). The van der Waals surface area contributed by atoms with Crippen LogP contribution < -0.4 is 4.74 Å². The molecule has 0 bridgehead atoms. The van der Waals surface area contributed by atoms with E-state index in [9.17, 15) is 13.0 Å². The van der Waals surface area contributed by atoms with Gasteiger partial charge in [-0.25, -0.2) is 0 Å². The fourth-order valence-corrected chi connectivity index (χ4v) is 2.79. The molecular weight excluding hydrogens is 354 g/mol. The predicted octanol–water partition coefficient (Wildman–Crippen LogP) is 2.75. The summed E-state index contributed by atoms with van der Waals surface area (Å²) in [5.74, 6) is 0.763. The zero-order chi connectivity index (χ0) is 17.2. The average Bonchev–Trinajstić information content (AvgIpc) is 2.99. The van der Waals surface area contributed by atoms with Crippen molar-refractivity contribution < 1.29 is 17.7 Å². The summed E-state index contributed by atoms with van der Waals surface area (Å²) in [5, 5.41) is 7.38. The fraction of sp³-hybridized carbons (Fsp3) is 0.0667. The van der Waals surface area contributed by atoms with Crippen molar-refractivity contribution in [3.05, 3.63) is 65.4 Å². The molecule has 0 aliphatic carbocycles. The van der Waals surface area contributed by atoms with Crippen LogP contribution in [0.1, 0.15) is 5.82 Å². The Morgan fingerprint density at radius 1 is 1.04 bits per heavy atom. The molecule has 1 aromatic heterocycles. The second-order valence-electron chi connectivity index (χ2n) is 4.79. The first-order valence-corrected chi connectivity index (χ1v) is 8.62. The molecule has 2 aromatic carbocycles. The highest BCUT2D eigenvalue weighted by atomic mass is 35.5. The molecule has 0 saturated carbocycles. The molecule has 0 radical (unpaired) electrons. The number of hydrogen-bond donors (Lipinski definition) is 1. The molecule has 3 aromatic rings. The van der Waals surface area contributed by atoms with Crippen LogP contribution in [0.4, 0.5) is 0 Å². The Labute approximate surface area is 143 Å². The van der Waals surface area contributed by atoms with Gasteiger partial charge in [-0.2, -0.15) is 8.42 Å². The highest BCUT2D eigenvalue weighted by Crippen LogP contribution is 2.20. The molecule has 0 atom stereocenters. The van der Waals surface area contributed by atoms with Crippen molar-refractivity contribution in [3.63, 3.8) is 0 Å². The minimum atomic E-state index is -4.53. The summed E-state index contributed by atoms with van der Waals surface area (Å²) in [5.41, 5.74) is 0.491. The van der Waals surface area contributed by atoms with E-state index >= 15 is 0 Å². The van der Waals surface area contributed by atoms with Crippen LogP contribution in [0, 0.1) is 0 Å². The molecule has 0 fully saturated rings. The molecule has 1 heterocycles. The summed E-state index contributed by atoms with van der Waals surface area (Å²) >= 11 is 5.81. The van der Waals surface area contributed by atoms with Crippen molar-refractivity contribution in [2.75, 3.05) is 0 Å². The van der Waals surface area contributed by atoms with Crippen LogP contribution in [0.2, 0.25) is 5.02 Å². The van der Waals surface area contributed by atoms with Crippen LogP contribution in [-0.2, 0) is 16.7 Å². The smallest absolute Gasteiger partial charge is 0.330 e. The lowest BCUT2D eigenvalue weighted by atomic mass is 10.3. The number of rotatable bonds is 5. The van der Waals surface area contributed by atoms with E-state index in [4.69, 9.17) is 16.3 Å². The van der Waals surface area contributed by atoms with E-state index in [1.807, 2.05) is 0 Å². The summed E-state index contributed by atoms with van der Waals surface area (Å²) in [7, 11) is -4.53. The topological polar surface area (TPSA) is 94.3 Å². The molecule has 24 heavy (non-hydrogen) atoms. The molecular formula is C15H12ClN3O4S. The minimum absolute atomic E-state index is 0.0426. The Morgan fingerprint density at radius 3 is 2.33 bits per heavy atom. The van der Waals surface area contributed by atoms with Gasteiger partial charge in [0, 0.05) is 10.7 Å². The van der Waals surface area contributed by atoms with Crippen LogP contribution in [0.5, 0.6) is 5.75 Å². The summed E-state index contributed by atoms with van der Waals surface area (Å²) in [6.07, 6.45) is 0. The van der Waals surface area contributed by atoms with E-state index < -0.39 is 15.3 Å². The summed E-state index contributed by atoms with van der Waals surface area (Å²) in [6.45, 7) is -0.0426. The Morgan fingerprint density at radius 2 is 1.71 bits per heavy atom. The highest BCUT2D eigenvalue weighted by molar-refractivity contribution is 7.85. The third-order valence-corrected chi connectivity index (χ3v) is 4.10. The van der Waals surface area contributed by atoms with Crippen molar-refractivity contribution in [2.45, 2.75) is 11.8 Å². The van der Waals surface area contributed by atoms with Gasteiger partial charge in [-0.05, 0) is 36.4 Å². The molecule has 0 unspecified atom stereocenters. The first kappa shape index (κ1) is 16.4. The maximum atomic E-state index is 11.5. The Balaban J connectivity index is 1.96. The van der Waals surface area contributed by atoms with Gasteiger partial charge < -0.3 is 4.74 Å². The van der Waals surface area contributed by atoms with Crippen molar-refractivity contribution in [1.82, 2.24) is 14.8 Å². The predicted molar refractivity (Wildman–Crippen MR) is 87.0 cm³/mol. The summed E-state index contributed by atoms with van der Waals surface area (Å²) in [4.78, 5) is 0. The second kappa shape index (κ2) is 6.60. The first-order chi connectivity index (χ1) is 11.4. The first-order valence-electron chi connectivity index (χ1n) is 6.81. The molecule has 0 saturated heterocycles. The molecule has 0 spiro atoms. The SMILES string of the molecule is O=S(=O)(O)c1nnc(COc2ccc(Cl)cc2)n1-c1ccccc1. The molecule has 0 amide bonds. The molecule has 0 aliphatic rings. The number of ether oxygens (including phenoxy) is 1. The van der Waals surface area contributed by atoms with Gasteiger partial charge in [0.05, 0.1) is 0 Å². The molecule has 124 valence electrons. The zero-order valence-corrected chi connectivity index (χ0v) is 13.8. The Bertz CT molecular complexity index is 941. The number of para-hydroxylation sites is 1. The fourth-order valence-electron chi connectivity index (χ4n) is 2.08. The maximum Gasteiger partial charge on any atom is 0.330 e. The third kappa shape index (κ3) is 3.56. The van der Waals surface area contributed by atoms with Gasteiger partial charge in [0.15, 0.2) is 5.82 Å². The minimum Gasteiger partial charge on any atom is -0.486 e. The normalized spacial score (nSPS) is 11.4. The van der Waals surface area contributed by atoms with Crippen LogP contribution in [0.15, 0.2) is 59.8 Å². The van der Waals surface area contributed by atoms with E-state index in [0.717, 1.165) is 0 Å². The molecule has 0 aliphatic heterocycles. The summed E-state index contributed by atoms with van der Waals surface area (Å²) in [6, 6.07) is 15.3. The average molecular weight is 366 g/mol. The van der Waals surface area contributed by atoms with Crippen molar-refractivity contribution in [1.29, 1.82) is 0 Å². The number of nitrogens with zero attached hydrogens (tertiary/aromatic N) is 3. The van der Waals surface area contributed by atoms with E-state index in [0.29, 0.717) is 16.5 Å². The van der Waals surface area contributed by atoms with Gasteiger partial charge in [-0.15, -0.1) is 10.2 Å². The van der Waals surface area contributed by atoms with Gasteiger partial charge >= 0.3 is 10.1 Å². The summed E-state index contributed by atoms with van der Waals surface area (Å²) < 4.78 is 39.2. The van der Waals surface area contributed by atoms with E-state index in [1.54, 1.807) is 54.6 Å². The largest absolute Gasteiger partial charge is 0.486 e. The van der Waals surface area contributed by atoms with Crippen LogP contribution in [0.25, 0.3) is 5.69 Å². The Hall–Kier alpha value is -2.42. The van der Waals surface area contributed by atoms with Gasteiger partial charge in [0.25, 0.3) is 5.16 Å². The number of hydrogen-bond acceptors (Lipinski definition) is 5. The monoisotopic (exact) mass is 365 g/mol. The molecule has 7 nitrogen and oxygen atoms in total. The molecule has 9 heteroatoms. The third-order valence-electron chi connectivity index (χ3n) is 3.13. The number of aromatic nitrogens is 3. The van der Waals surface area contributed by atoms with Crippen LogP contribution in [-0.4, -0.2) is 27.7 Å². The van der Waals surface area contributed by atoms with Crippen LogP contribution in [0.3, 0.4) is 0 Å². The number of halogens is 1. The maximum absolute atomic E-state index is 11.5. The van der Waals surface area contributed by atoms with E-state index in [2.05, 4.69) is 10.2 Å². The number of benzene rings is 2. The quantitative estimate of drug-likeness (QED) is 0.698. The lowest BCUT2D eigenvalue weighted by Crippen LogP contribution is -2.12. The van der Waals surface area contributed by atoms with Crippen LogP contribution >= 0.6 is 11.6 Å². The standard InChI is InChI=1S/C15H12ClN3O4S/c16-11-6-8-13(9-7-11)23-10-14-17-18-15(24(20,21)22)19(14)12-4-2-1-3-5-12/h1-9H,10H2,(H,20,21,22). The second-order valence-corrected chi connectivity index (χ2v) is 6.54. The van der Waals surface area contributed by atoms with E-state index in [1.165, 1.54) is 4.57 Å². The van der Waals surface area contributed by atoms with Gasteiger partial charge in [0.2, 0.25) is 0 Å². The zero-order valence-electron chi connectivity index (χ0n) is 12.2. The highest BCUT2D eigenvalue weighted by Gasteiger charge is 2.23. The molecule has 1 N–H and O–H groups in total. The lowest BCUT2D eigenvalue weighted by Gasteiger charge is -2.10. The van der Waals surface area contributed by atoms with Crippen molar-refractivity contribution >= 4 is 21.7 Å². The van der Waals surface area contributed by atoms with E-state index in [-0.39, 0.29) is 12.4 Å². The van der Waals surface area contributed by atoms with Crippen molar-refractivity contribution in [3.8, 4) is 11.4 Å². The van der Waals surface area contributed by atoms with Gasteiger partial charge in [-0.1, -0.05) is 29.8 Å². The van der Waals surface area contributed by atoms with Gasteiger partial charge in [-0.3, -0.25) is 9.12 Å². The van der Waals surface area contributed by atoms with Crippen molar-refractivity contribution in [2.24, 2.45) is 0 Å².